The molecule has 2 aromatic rings. The van der Waals surface area contributed by atoms with Gasteiger partial charge in [-0.05, 0) is 24.3 Å². The largest absolute Gasteiger partial charge is 0.477 e. The van der Waals surface area contributed by atoms with E-state index in [1.54, 1.807) is 12.1 Å². The maximum Gasteiger partial charge on any atom is 0.282 e. The van der Waals surface area contributed by atoms with E-state index in [1.165, 1.54) is 24.3 Å². The maximum atomic E-state index is 11.3. The van der Waals surface area contributed by atoms with Crippen LogP contribution in [0.1, 0.15) is 17.5 Å². The van der Waals surface area contributed by atoms with E-state index in [0.717, 1.165) is 6.42 Å². The van der Waals surface area contributed by atoms with Crippen molar-refractivity contribution in [1.82, 2.24) is 0 Å². The van der Waals surface area contributed by atoms with Crippen LogP contribution in [0.4, 0.5) is 5.69 Å². The van der Waals surface area contributed by atoms with Crippen LogP contribution in [0.15, 0.2) is 41.4 Å². The quantitative estimate of drug-likeness (QED) is 0.606. The predicted octanol–water partition coefficient (Wildman–Crippen LogP) is 4.08. The number of nitro benzene ring substituents is 1. The van der Waals surface area contributed by atoms with Crippen LogP contribution in [0.3, 0.4) is 0 Å². The van der Waals surface area contributed by atoms with E-state index >= 15 is 0 Å². The minimum absolute atomic E-state index is 0.121. The zero-order valence-corrected chi connectivity index (χ0v) is 13.7. The number of halogens is 1. The molecular weight excluding hydrogens is 346 g/mol. The number of nitro groups is 1. The standard InChI is InChI=1S/C17H12ClN3O4/c18-12-2-5-16(11(8-12)10-19)25-13-3-4-15(21(22)23)14(9-13)17-20-6-1-7-24-17/h2-5,8-9H,1,6-7H2. The molecule has 25 heavy (non-hydrogen) atoms. The van der Waals surface area contributed by atoms with E-state index in [4.69, 9.17) is 21.1 Å². The Morgan fingerprint density at radius 3 is 2.84 bits per heavy atom. The lowest BCUT2D eigenvalue weighted by atomic mass is 10.1. The van der Waals surface area contributed by atoms with Crippen molar-refractivity contribution in [3.05, 3.63) is 62.7 Å². The molecular formula is C17H12ClN3O4. The van der Waals surface area contributed by atoms with Gasteiger partial charge in [-0.15, -0.1) is 0 Å². The summed E-state index contributed by atoms with van der Waals surface area (Å²) in [5, 5.41) is 20.9. The Hall–Kier alpha value is -3.11. The second-order valence-corrected chi connectivity index (χ2v) is 5.62. The summed E-state index contributed by atoms with van der Waals surface area (Å²) < 4.78 is 11.1. The topological polar surface area (TPSA) is 97.8 Å². The smallest absolute Gasteiger partial charge is 0.282 e. The number of ether oxygens (including phenoxy) is 2. The lowest BCUT2D eigenvalue weighted by Gasteiger charge is -2.15. The molecule has 2 aromatic carbocycles. The Kier molecular flexibility index (Phi) is 4.82. The Morgan fingerprint density at radius 2 is 2.16 bits per heavy atom. The fourth-order valence-corrected chi connectivity index (χ4v) is 2.51. The molecule has 0 N–H and O–H groups in total. The molecule has 0 unspecified atom stereocenters. The molecule has 0 saturated carbocycles. The van der Waals surface area contributed by atoms with Gasteiger partial charge in [0, 0.05) is 30.1 Å². The molecule has 0 amide bonds. The van der Waals surface area contributed by atoms with Crippen molar-refractivity contribution in [3.63, 3.8) is 0 Å². The summed E-state index contributed by atoms with van der Waals surface area (Å²) in [6, 6.07) is 10.9. The van der Waals surface area contributed by atoms with Crippen LogP contribution in [0.25, 0.3) is 0 Å². The minimum Gasteiger partial charge on any atom is -0.477 e. The predicted molar refractivity (Wildman–Crippen MR) is 91.3 cm³/mol. The van der Waals surface area contributed by atoms with Crippen molar-refractivity contribution in [1.29, 1.82) is 5.26 Å². The molecule has 7 nitrogen and oxygen atoms in total. The van der Waals surface area contributed by atoms with Gasteiger partial charge in [0.1, 0.15) is 23.1 Å². The van der Waals surface area contributed by atoms with Crippen LogP contribution < -0.4 is 4.74 Å². The minimum atomic E-state index is -0.497. The molecule has 0 fully saturated rings. The summed E-state index contributed by atoms with van der Waals surface area (Å²) in [7, 11) is 0. The number of hydrogen-bond donors (Lipinski definition) is 0. The number of nitrogens with zero attached hydrogens (tertiary/aromatic N) is 3. The molecule has 0 atom stereocenters. The first-order valence-corrected chi connectivity index (χ1v) is 7.80. The third-order valence-electron chi connectivity index (χ3n) is 3.48. The highest BCUT2D eigenvalue weighted by Gasteiger charge is 2.22. The summed E-state index contributed by atoms with van der Waals surface area (Å²) in [4.78, 5) is 15.0. The summed E-state index contributed by atoms with van der Waals surface area (Å²) in [6.45, 7) is 1.00. The van der Waals surface area contributed by atoms with Crippen LogP contribution in [0.5, 0.6) is 11.5 Å². The molecule has 0 radical (unpaired) electrons. The van der Waals surface area contributed by atoms with E-state index in [9.17, 15) is 15.4 Å². The highest BCUT2D eigenvalue weighted by atomic mass is 35.5. The van der Waals surface area contributed by atoms with Gasteiger partial charge < -0.3 is 9.47 Å². The van der Waals surface area contributed by atoms with E-state index in [0.29, 0.717) is 29.7 Å². The molecule has 0 saturated heterocycles. The van der Waals surface area contributed by atoms with E-state index in [2.05, 4.69) is 4.99 Å². The molecule has 126 valence electrons. The van der Waals surface area contributed by atoms with Crippen molar-refractivity contribution in [2.45, 2.75) is 6.42 Å². The van der Waals surface area contributed by atoms with Gasteiger partial charge in [0.15, 0.2) is 0 Å². The number of rotatable bonds is 4. The lowest BCUT2D eigenvalue weighted by Crippen LogP contribution is -2.16. The third-order valence-corrected chi connectivity index (χ3v) is 3.72. The summed E-state index contributed by atoms with van der Waals surface area (Å²) in [5.41, 5.74) is 0.387. The monoisotopic (exact) mass is 357 g/mol. The molecule has 0 aliphatic carbocycles. The number of nitriles is 1. The Labute approximate surface area is 148 Å². The second kappa shape index (κ2) is 7.20. The fourth-order valence-electron chi connectivity index (χ4n) is 2.34. The molecule has 8 heteroatoms. The Bertz CT molecular complexity index is 905. The number of aliphatic imine (C=N–C) groups is 1. The first-order valence-electron chi connectivity index (χ1n) is 7.42. The van der Waals surface area contributed by atoms with Crippen molar-refractivity contribution >= 4 is 23.2 Å². The molecule has 1 aliphatic heterocycles. The first-order chi connectivity index (χ1) is 12.1. The molecule has 0 aromatic heterocycles. The lowest BCUT2D eigenvalue weighted by molar-refractivity contribution is -0.385. The summed E-state index contributed by atoms with van der Waals surface area (Å²) in [5.74, 6) is 0.856. The zero-order valence-electron chi connectivity index (χ0n) is 12.9. The average molecular weight is 358 g/mol. The summed E-state index contributed by atoms with van der Waals surface area (Å²) in [6.07, 6.45) is 0.768. The van der Waals surface area contributed by atoms with Crippen LogP contribution in [0.2, 0.25) is 5.02 Å². The Morgan fingerprint density at radius 1 is 1.32 bits per heavy atom. The van der Waals surface area contributed by atoms with Gasteiger partial charge in [-0.25, -0.2) is 0 Å². The number of hydrogen-bond acceptors (Lipinski definition) is 6. The first kappa shape index (κ1) is 16.7. The zero-order chi connectivity index (χ0) is 17.8. The molecule has 1 heterocycles. The third kappa shape index (κ3) is 3.70. The van der Waals surface area contributed by atoms with Crippen LogP contribution in [0, 0.1) is 21.4 Å². The van der Waals surface area contributed by atoms with Crippen LogP contribution in [-0.2, 0) is 4.74 Å². The van der Waals surface area contributed by atoms with Crippen molar-refractivity contribution < 1.29 is 14.4 Å². The molecule has 3 rings (SSSR count). The highest BCUT2D eigenvalue weighted by molar-refractivity contribution is 6.30. The molecule has 0 spiro atoms. The van der Waals surface area contributed by atoms with Gasteiger partial charge in [-0.2, -0.15) is 5.26 Å². The number of benzene rings is 2. The van der Waals surface area contributed by atoms with E-state index in [1.807, 2.05) is 6.07 Å². The summed E-state index contributed by atoms with van der Waals surface area (Å²) >= 11 is 5.87. The van der Waals surface area contributed by atoms with Gasteiger partial charge in [0.05, 0.1) is 17.1 Å². The van der Waals surface area contributed by atoms with Crippen LogP contribution >= 0.6 is 11.6 Å². The van der Waals surface area contributed by atoms with Gasteiger partial charge in [-0.1, -0.05) is 11.6 Å². The van der Waals surface area contributed by atoms with Gasteiger partial charge in [-0.3, -0.25) is 15.1 Å². The van der Waals surface area contributed by atoms with Crippen molar-refractivity contribution in [3.8, 4) is 17.6 Å². The van der Waals surface area contributed by atoms with Gasteiger partial charge in [0.2, 0.25) is 5.90 Å². The Balaban J connectivity index is 2.00. The highest BCUT2D eigenvalue weighted by Crippen LogP contribution is 2.31. The molecule has 1 aliphatic rings. The van der Waals surface area contributed by atoms with Crippen LogP contribution in [-0.4, -0.2) is 24.0 Å². The maximum absolute atomic E-state index is 11.3. The molecule has 0 bridgehead atoms. The van der Waals surface area contributed by atoms with Crippen molar-refractivity contribution in [2.24, 2.45) is 4.99 Å². The normalized spacial score (nSPS) is 13.4. The van der Waals surface area contributed by atoms with E-state index in [-0.39, 0.29) is 22.7 Å². The second-order valence-electron chi connectivity index (χ2n) is 5.18. The SMILES string of the molecule is N#Cc1cc(Cl)ccc1Oc1ccc([N+](=O)[O-])c(C2=NCCCO2)c1. The van der Waals surface area contributed by atoms with Crippen molar-refractivity contribution in [2.75, 3.05) is 13.2 Å². The van der Waals surface area contributed by atoms with E-state index < -0.39 is 4.92 Å². The fraction of sp³-hybridized carbons (Fsp3) is 0.176. The van der Waals surface area contributed by atoms with Gasteiger partial charge >= 0.3 is 0 Å². The average Bonchev–Trinajstić information content (AvgIpc) is 2.63. The van der Waals surface area contributed by atoms with Gasteiger partial charge in [0.25, 0.3) is 5.69 Å².